The highest BCUT2D eigenvalue weighted by molar-refractivity contribution is 7.89. The normalized spacial score (nSPS) is 16.5. The molecule has 0 saturated heterocycles. The number of aromatic nitrogens is 1. The first-order valence-electron chi connectivity index (χ1n) is 15.1. The van der Waals surface area contributed by atoms with E-state index >= 15 is 0 Å². The van der Waals surface area contributed by atoms with Crippen LogP contribution in [0.15, 0.2) is 65.8 Å². The summed E-state index contributed by atoms with van der Waals surface area (Å²) in [5.74, 6) is 0.911. The topological polar surface area (TPSA) is 121 Å². The number of carbonyl (C=O) groups is 1. The first-order valence-corrected chi connectivity index (χ1v) is 17.0. The number of para-hydroxylation sites is 1. The maximum Gasteiger partial charge on any atom is 0.240 e. The quantitative estimate of drug-likeness (QED) is 0.169. The third-order valence-electron chi connectivity index (χ3n) is 7.99. The summed E-state index contributed by atoms with van der Waals surface area (Å²) in [6.45, 7) is 2.35. The fraction of sp³-hybridized carbons (Fsp3) is 0.455. The number of hydrogen-bond donors (Lipinski definition) is 2. The van der Waals surface area contributed by atoms with E-state index in [2.05, 4.69) is 15.8 Å². The van der Waals surface area contributed by atoms with E-state index in [1.54, 1.807) is 18.3 Å². The molecule has 2 aliphatic carbocycles. The van der Waals surface area contributed by atoms with E-state index < -0.39 is 21.7 Å². The number of halogens is 1. The largest absolute Gasteiger partial charge is 0.490 e. The van der Waals surface area contributed by atoms with Gasteiger partial charge < -0.3 is 15.2 Å². The summed E-state index contributed by atoms with van der Waals surface area (Å²) in [6, 6.07) is 14.2. The minimum atomic E-state index is -3.75. The molecule has 0 unspecified atom stereocenters. The number of Topliss-reactive ketones (excluding diaryl/α,β-unsaturated/α-hetero) is 1. The molecule has 0 radical (unpaired) electrons. The summed E-state index contributed by atoms with van der Waals surface area (Å²) in [5.41, 5.74) is 9.01. The van der Waals surface area contributed by atoms with E-state index in [0.29, 0.717) is 36.3 Å². The van der Waals surface area contributed by atoms with Crippen molar-refractivity contribution in [2.24, 2.45) is 5.73 Å². The highest BCUT2D eigenvalue weighted by Crippen LogP contribution is 2.53. The number of pyridine rings is 1. The van der Waals surface area contributed by atoms with E-state index in [1.807, 2.05) is 37.4 Å². The predicted molar refractivity (Wildman–Crippen MR) is 167 cm³/mol. The van der Waals surface area contributed by atoms with Crippen LogP contribution in [-0.4, -0.2) is 37.9 Å². The third kappa shape index (κ3) is 8.02. The van der Waals surface area contributed by atoms with Gasteiger partial charge in [-0.2, -0.15) is 0 Å². The molecule has 5 rings (SSSR count). The van der Waals surface area contributed by atoms with Gasteiger partial charge in [0.1, 0.15) is 11.5 Å². The van der Waals surface area contributed by atoms with Crippen LogP contribution in [-0.2, 0) is 31.8 Å². The van der Waals surface area contributed by atoms with E-state index in [0.717, 1.165) is 54.5 Å². The van der Waals surface area contributed by atoms with Crippen LogP contribution in [0.4, 0.5) is 0 Å². The van der Waals surface area contributed by atoms with Crippen LogP contribution in [0.5, 0.6) is 5.75 Å². The summed E-state index contributed by atoms with van der Waals surface area (Å²) in [6.07, 6.45) is 10.7. The van der Waals surface area contributed by atoms with E-state index in [4.69, 9.17) is 26.8 Å². The summed E-state index contributed by atoms with van der Waals surface area (Å²) in [5, 5.41) is 0.440. The Morgan fingerprint density at radius 2 is 1.93 bits per heavy atom. The number of hydrogen-bond acceptors (Lipinski definition) is 7. The molecule has 2 aromatic carbocycles. The van der Waals surface area contributed by atoms with Gasteiger partial charge in [0.15, 0.2) is 0 Å². The standard InChI is InChI=1S/C33H40ClN3O5S/c1-2-7-31(38)30(35)9-5-6-18-37-43(39,40)25-13-14-29(34)23(20-25)22-41-33(16-17-33)28-21-36-19-15-26(28)27-8-3-4-10-32(27)42-24-11-12-24/h3-4,8,10,13-15,19-21,24,30,37H,2,5-7,9,11-12,16-18,22,35H2,1H3/t30-/m1/s1. The second-order valence-corrected chi connectivity index (χ2v) is 13.7. The maximum atomic E-state index is 13.0. The van der Waals surface area contributed by atoms with Gasteiger partial charge in [-0.25, -0.2) is 13.1 Å². The number of carbonyl (C=O) groups excluding carboxylic acids is 1. The molecule has 230 valence electrons. The number of benzene rings is 2. The molecule has 3 N–H and O–H groups in total. The van der Waals surface area contributed by atoms with Crippen molar-refractivity contribution < 1.29 is 22.7 Å². The molecule has 1 aromatic heterocycles. The van der Waals surface area contributed by atoms with Crippen molar-refractivity contribution >= 4 is 27.4 Å². The van der Waals surface area contributed by atoms with Crippen molar-refractivity contribution in [1.82, 2.24) is 9.71 Å². The molecule has 0 aliphatic heterocycles. The predicted octanol–water partition coefficient (Wildman–Crippen LogP) is 6.29. The molecule has 43 heavy (non-hydrogen) atoms. The van der Waals surface area contributed by atoms with Crippen molar-refractivity contribution in [2.45, 2.75) is 94.0 Å². The van der Waals surface area contributed by atoms with Crippen molar-refractivity contribution in [3.8, 4) is 16.9 Å². The number of ether oxygens (including phenoxy) is 2. The maximum absolute atomic E-state index is 13.0. The highest BCUT2D eigenvalue weighted by atomic mass is 35.5. The van der Waals surface area contributed by atoms with Crippen molar-refractivity contribution in [2.75, 3.05) is 6.54 Å². The zero-order chi connectivity index (χ0) is 30.5. The SMILES string of the molecule is CCCC(=O)[C@H](N)CCCCNS(=O)(=O)c1ccc(Cl)c(COC2(c3cnccc3-c3ccccc3OC3CC3)CC2)c1. The lowest BCUT2D eigenvalue weighted by Gasteiger charge is -2.22. The minimum Gasteiger partial charge on any atom is -0.490 e. The molecule has 3 aromatic rings. The van der Waals surface area contributed by atoms with Crippen LogP contribution in [0.3, 0.4) is 0 Å². The first kappa shape index (κ1) is 31.6. The van der Waals surface area contributed by atoms with Gasteiger partial charge in [-0.15, -0.1) is 0 Å². The van der Waals surface area contributed by atoms with Gasteiger partial charge in [-0.3, -0.25) is 9.78 Å². The van der Waals surface area contributed by atoms with E-state index in [9.17, 15) is 13.2 Å². The molecule has 1 atom stereocenters. The fourth-order valence-corrected chi connectivity index (χ4v) is 6.47. The number of unbranched alkanes of at least 4 members (excludes halogenated alkanes) is 1. The molecule has 1 heterocycles. The second kappa shape index (κ2) is 13.9. The smallest absolute Gasteiger partial charge is 0.240 e. The molecule has 8 nitrogen and oxygen atoms in total. The molecule has 2 fully saturated rings. The Morgan fingerprint density at radius 1 is 1.14 bits per heavy atom. The molecule has 0 spiro atoms. The Morgan fingerprint density at radius 3 is 2.67 bits per heavy atom. The van der Waals surface area contributed by atoms with Crippen molar-refractivity contribution in [1.29, 1.82) is 0 Å². The van der Waals surface area contributed by atoms with Crippen LogP contribution in [0, 0.1) is 0 Å². The number of ketones is 1. The number of nitrogens with zero attached hydrogens (tertiary/aromatic N) is 1. The fourth-order valence-electron chi connectivity index (χ4n) is 5.17. The lowest BCUT2D eigenvalue weighted by molar-refractivity contribution is -0.120. The number of nitrogens with one attached hydrogen (secondary N) is 1. The van der Waals surface area contributed by atoms with Gasteiger partial charge in [0.25, 0.3) is 0 Å². The van der Waals surface area contributed by atoms with Crippen LogP contribution >= 0.6 is 11.6 Å². The van der Waals surface area contributed by atoms with Crippen molar-refractivity contribution in [3.05, 3.63) is 77.1 Å². The van der Waals surface area contributed by atoms with Gasteiger partial charge in [0.05, 0.1) is 29.2 Å². The van der Waals surface area contributed by atoms with Crippen LogP contribution in [0.25, 0.3) is 11.1 Å². The zero-order valence-corrected chi connectivity index (χ0v) is 26.1. The first-order chi connectivity index (χ1) is 20.7. The molecular formula is C33H40ClN3O5S. The summed E-state index contributed by atoms with van der Waals surface area (Å²) in [4.78, 5) is 16.4. The summed E-state index contributed by atoms with van der Waals surface area (Å²) >= 11 is 6.50. The average molecular weight is 626 g/mol. The highest BCUT2D eigenvalue weighted by Gasteiger charge is 2.48. The average Bonchev–Trinajstić information content (AvgIpc) is 3.94. The van der Waals surface area contributed by atoms with Crippen LogP contribution < -0.4 is 15.2 Å². The van der Waals surface area contributed by atoms with E-state index in [-0.39, 0.29) is 29.9 Å². The third-order valence-corrected chi connectivity index (χ3v) is 9.81. The lowest BCUT2D eigenvalue weighted by atomic mass is 9.96. The number of nitrogens with two attached hydrogens (primary N) is 1. The minimum absolute atomic E-state index is 0.0548. The van der Waals surface area contributed by atoms with Gasteiger partial charge >= 0.3 is 0 Å². The Hall–Kier alpha value is -2.82. The van der Waals surface area contributed by atoms with Gasteiger partial charge in [-0.05, 0) is 86.4 Å². The van der Waals surface area contributed by atoms with Crippen LogP contribution in [0.1, 0.15) is 75.8 Å². The lowest BCUT2D eigenvalue weighted by Crippen LogP contribution is -2.30. The van der Waals surface area contributed by atoms with Gasteiger partial charge in [0, 0.05) is 41.5 Å². The molecular weight excluding hydrogens is 586 g/mol. The van der Waals surface area contributed by atoms with Crippen LogP contribution in [0.2, 0.25) is 5.02 Å². The van der Waals surface area contributed by atoms with Crippen molar-refractivity contribution in [3.63, 3.8) is 0 Å². The molecule has 0 bridgehead atoms. The second-order valence-electron chi connectivity index (χ2n) is 11.5. The molecule has 2 saturated carbocycles. The Bertz CT molecular complexity index is 1540. The monoisotopic (exact) mass is 625 g/mol. The van der Waals surface area contributed by atoms with Gasteiger partial charge in [-0.1, -0.05) is 43.1 Å². The van der Waals surface area contributed by atoms with E-state index in [1.165, 1.54) is 6.07 Å². The summed E-state index contributed by atoms with van der Waals surface area (Å²) < 4.78 is 41.4. The number of sulfonamides is 1. The molecule has 0 amide bonds. The zero-order valence-electron chi connectivity index (χ0n) is 24.6. The molecule has 10 heteroatoms. The Kier molecular flexibility index (Phi) is 10.2. The van der Waals surface area contributed by atoms with Gasteiger partial charge in [0.2, 0.25) is 10.0 Å². The number of rotatable bonds is 17. The molecule has 2 aliphatic rings. The Labute approximate surface area is 259 Å². The Balaban J connectivity index is 1.23. The summed E-state index contributed by atoms with van der Waals surface area (Å²) in [7, 11) is -3.75.